The van der Waals surface area contributed by atoms with E-state index in [0.717, 1.165) is 17.4 Å². The third kappa shape index (κ3) is 4.63. The number of fused-ring (bicyclic) bond motifs is 1. The maximum atomic E-state index is 13.0. The minimum atomic E-state index is -4.52. The van der Waals surface area contributed by atoms with Gasteiger partial charge >= 0.3 is 6.18 Å². The number of alkyl halides is 3. The predicted molar refractivity (Wildman–Crippen MR) is 92.8 cm³/mol. The van der Waals surface area contributed by atoms with Crippen LogP contribution in [-0.4, -0.2) is 24.9 Å². The van der Waals surface area contributed by atoms with E-state index < -0.39 is 17.6 Å². The van der Waals surface area contributed by atoms with Gasteiger partial charge in [0, 0.05) is 11.3 Å². The summed E-state index contributed by atoms with van der Waals surface area (Å²) in [5, 5.41) is 2.32. The van der Waals surface area contributed by atoms with Crippen molar-refractivity contribution in [3.05, 3.63) is 48.0 Å². The summed E-state index contributed by atoms with van der Waals surface area (Å²) in [5.41, 5.74) is -1.11. The van der Waals surface area contributed by atoms with Crippen LogP contribution in [0.3, 0.4) is 0 Å². The van der Waals surface area contributed by atoms with E-state index in [1.54, 1.807) is 18.2 Å². The molecule has 138 valence electrons. The Morgan fingerprint density at radius 2 is 1.81 bits per heavy atom. The zero-order valence-corrected chi connectivity index (χ0v) is 14.5. The van der Waals surface area contributed by atoms with E-state index in [-0.39, 0.29) is 11.4 Å². The van der Waals surface area contributed by atoms with Gasteiger partial charge < -0.3 is 14.8 Å². The van der Waals surface area contributed by atoms with Crippen molar-refractivity contribution in [2.24, 2.45) is 0 Å². The maximum Gasteiger partial charge on any atom is 0.418 e. The molecule has 26 heavy (non-hydrogen) atoms. The van der Waals surface area contributed by atoms with Gasteiger partial charge in [0.25, 0.3) is 0 Å². The molecule has 2 aromatic carbocycles. The van der Waals surface area contributed by atoms with Crippen LogP contribution >= 0.6 is 11.8 Å². The van der Waals surface area contributed by atoms with Gasteiger partial charge in [-0.25, -0.2) is 0 Å². The molecule has 2 aromatic rings. The van der Waals surface area contributed by atoms with E-state index in [1.807, 2.05) is 0 Å². The minimum Gasteiger partial charge on any atom is -0.490 e. The van der Waals surface area contributed by atoms with Crippen LogP contribution < -0.4 is 14.8 Å². The number of carbonyl (C=O) groups is 1. The summed E-state index contributed by atoms with van der Waals surface area (Å²) < 4.78 is 50.0. The van der Waals surface area contributed by atoms with Crippen molar-refractivity contribution in [3.8, 4) is 11.5 Å². The number of para-hydroxylation sites is 1. The zero-order valence-electron chi connectivity index (χ0n) is 13.6. The standard InChI is InChI=1S/C18H16F3NO3S/c19-18(20,21)13-4-1-2-5-14(13)22-17(23)11-26-12-6-7-15-16(10-12)25-9-3-8-24-15/h1-2,4-7,10H,3,8-9,11H2,(H,22,23). The SMILES string of the molecule is O=C(CSc1ccc2c(c1)OCCCO2)Nc1ccccc1C(F)(F)F. The number of amides is 1. The van der Waals surface area contributed by atoms with Crippen molar-refractivity contribution in [2.45, 2.75) is 17.5 Å². The third-order valence-electron chi connectivity index (χ3n) is 3.60. The summed E-state index contributed by atoms with van der Waals surface area (Å²) in [6.45, 7) is 1.14. The van der Waals surface area contributed by atoms with Gasteiger partial charge in [-0.15, -0.1) is 11.8 Å². The van der Waals surface area contributed by atoms with Crippen LogP contribution in [0.5, 0.6) is 11.5 Å². The molecule has 3 rings (SSSR count). The Balaban J connectivity index is 1.63. The highest BCUT2D eigenvalue weighted by atomic mass is 32.2. The first-order valence-electron chi connectivity index (χ1n) is 7.92. The summed E-state index contributed by atoms with van der Waals surface area (Å²) in [6, 6.07) is 10.2. The van der Waals surface area contributed by atoms with Gasteiger partial charge in [0.1, 0.15) is 0 Å². The quantitative estimate of drug-likeness (QED) is 0.784. The second kappa shape index (κ2) is 7.90. The molecule has 0 atom stereocenters. The largest absolute Gasteiger partial charge is 0.490 e. The monoisotopic (exact) mass is 383 g/mol. The van der Waals surface area contributed by atoms with Crippen molar-refractivity contribution < 1.29 is 27.4 Å². The molecule has 0 saturated carbocycles. The molecule has 1 aliphatic heterocycles. The van der Waals surface area contributed by atoms with Crippen LogP contribution in [0, 0.1) is 0 Å². The smallest absolute Gasteiger partial charge is 0.418 e. The number of ether oxygens (including phenoxy) is 2. The number of carbonyl (C=O) groups excluding carboxylic acids is 1. The van der Waals surface area contributed by atoms with E-state index in [4.69, 9.17) is 9.47 Å². The van der Waals surface area contributed by atoms with Crippen LogP contribution in [0.4, 0.5) is 18.9 Å². The Kier molecular flexibility index (Phi) is 5.61. The third-order valence-corrected chi connectivity index (χ3v) is 4.59. The lowest BCUT2D eigenvalue weighted by Gasteiger charge is -2.13. The molecule has 0 fully saturated rings. The molecule has 0 saturated heterocycles. The summed E-state index contributed by atoms with van der Waals surface area (Å²) in [5.74, 6) is 0.718. The first kappa shape index (κ1) is 18.4. The van der Waals surface area contributed by atoms with Gasteiger partial charge in [0.05, 0.1) is 30.2 Å². The number of hydrogen-bond acceptors (Lipinski definition) is 4. The molecule has 0 aliphatic carbocycles. The molecule has 0 bridgehead atoms. The van der Waals surface area contributed by atoms with Crippen LogP contribution in [0.1, 0.15) is 12.0 Å². The van der Waals surface area contributed by atoms with Gasteiger partial charge in [-0.1, -0.05) is 12.1 Å². The Bertz CT molecular complexity index is 795. The molecule has 0 unspecified atom stereocenters. The summed E-state index contributed by atoms with van der Waals surface area (Å²) in [4.78, 5) is 12.8. The van der Waals surface area contributed by atoms with Crippen LogP contribution in [-0.2, 0) is 11.0 Å². The zero-order chi connectivity index (χ0) is 18.6. The van der Waals surface area contributed by atoms with Gasteiger partial charge in [-0.2, -0.15) is 13.2 Å². The van der Waals surface area contributed by atoms with E-state index in [2.05, 4.69) is 5.32 Å². The summed E-state index contributed by atoms with van der Waals surface area (Å²) >= 11 is 1.21. The van der Waals surface area contributed by atoms with E-state index >= 15 is 0 Å². The fourth-order valence-corrected chi connectivity index (χ4v) is 3.13. The predicted octanol–water partition coefficient (Wildman–Crippen LogP) is 4.60. The summed E-state index contributed by atoms with van der Waals surface area (Å²) in [6.07, 6.45) is -3.73. The van der Waals surface area contributed by atoms with Crippen molar-refractivity contribution in [3.63, 3.8) is 0 Å². The fourth-order valence-electron chi connectivity index (χ4n) is 2.41. The number of thioether (sulfide) groups is 1. The topological polar surface area (TPSA) is 47.6 Å². The molecule has 1 aliphatic rings. The average Bonchev–Trinajstić information content (AvgIpc) is 2.84. The number of nitrogens with one attached hydrogen (secondary N) is 1. The van der Waals surface area contributed by atoms with Crippen LogP contribution in [0.15, 0.2) is 47.4 Å². The van der Waals surface area contributed by atoms with Gasteiger partial charge in [-0.05, 0) is 30.3 Å². The van der Waals surface area contributed by atoms with Gasteiger partial charge in [0.2, 0.25) is 5.91 Å². The Labute approximate surface area is 152 Å². The lowest BCUT2D eigenvalue weighted by atomic mass is 10.1. The Morgan fingerprint density at radius 1 is 1.08 bits per heavy atom. The highest BCUT2D eigenvalue weighted by Gasteiger charge is 2.33. The second-order valence-electron chi connectivity index (χ2n) is 5.54. The van der Waals surface area contributed by atoms with Crippen molar-refractivity contribution in [1.82, 2.24) is 0 Å². The first-order valence-corrected chi connectivity index (χ1v) is 8.90. The van der Waals surface area contributed by atoms with Crippen LogP contribution in [0.25, 0.3) is 0 Å². The number of halogens is 3. The molecule has 0 radical (unpaired) electrons. The molecule has 0 spiro atoms. The molecular formula is C18H16F3NO3S. The summed E-state index contributed by atoms with van der Waals surface area (Å²) in [7, 11) is 0. The Hall–Kier alpha value is -2.35. The van der Waals surface area contributed by atoms with Crippen LogP contribution in [0.2, 0.25) is 0 Å². The lowest BCUT2D eigenvalue weighted by molar-refractivity contribution is -0.137. The Morgan fingerprint density at radius 3 is 2.58 bits per heavy atom. The molecule has 1 N–H and O–H groups in total. The molecule has 1 heterocycles. The first-order chi connectivity index (χ1) is 12.4. The van der Waals surface area contributed by atoms with E-state index in [1.165, 1.54) is 30.0 Å². The average molecular weight is 383 g/mol. The molecule has 4 nitrogen and oxygen atoms in total. The number of benzene rings is 2. The fraction of sp³-hybridized carbons (Fsp3) is 0.278. The van der Waals surface area contributed by atoms with Gasteiger partial charge in [-0.3, -0.25) is 4.79 Å². The number of anilines is 1. The second-order valence-corrected chi connectivity index (χ2v) is 6.59. The van der Waals surface area contributed by atoms with Crippen molar-refractivity contribution in [2.75, 3.05) is 24.3 Å². The van der Waals surface area contributed by atoms with Crippen molar-refractivity contribution in [1.29, 1.82) is 0 Å². The maximum absolute atomic E-state index is 13.0. The molecular weight excluding hydrogens is 367 g/mol. The van der Waals surface area contributed by atoms with E-state index in [0.29, 0.717) is 24.7 Å². The molecule has 8 heteroatoms. The number of rotatable bonds is 4. The van der Waals surface area contributed by atoms with Crippen molar-refractivity contribution >= 4 is 23.4 Å². The minimum absolute atomic E-state index is 0.0220. The normalized spacial score (nSPS) is 13.8. The van der Waals surface area contributed by atoms with Gasteiger partial charge in [0.15, 0.2) is 11.5 Å². The highest BCUT2D eigenvalue weighted by Crippen LogP contribution is 2.35. The highest BCUT2D eigenvalue weighted by molar-refractivity contribution is 8.00. The number of hydrogen-bond donors (Lipinski definition) is 1. The lowest BCUT2D eigenvalue weighted by Crippen LogP contribution is -2.18. The van der Waals surface area contributed by atoms with E-state index in [9.17, 15) is 18.0 Å². The molecule has 0 aromatic heterocycles. The molecule has 1 amide bonds.